The lowest BCUT2D eigenvalue weighted by molar-refractivity contribution is -0.140. The fourth-order valence-electron chi connectivity index (χ4n) is 1.60. The monoisotopic (exact) mass is 358 g/mol. The van der Waals surface area contributed by atoms with E-state index in [4.69, 9.17) is 4.74 Å². The average Bonchev–Trinajstić information content (AvgIpc) is 2.66. The molecule has 1 aromatic rings. The number of ether oxygens (including phenoxy) is 1. The fourth-order valence-corrected chi connectivity index (χ4v) is 2.96. The lowest BCUT2D eigenvalue weighted by Gasteiger charge is -2.02. The van der Waals surface area contributed by atoms with Gasteiger partial charge in [-0.2, -0.15) is 0 Å². The maximum Gasteiger partial charge on any atom is 0.328 e. The Kier molecular flexibility index (Phi) is 4.24. The third-order valence-corrected chi connectivity index (χ3v) is 4.04. The summed E-state index contributed by atoms with van der Waals surface area (Å²) in [6.45, 7) is 3.30. The molecule has 1 aromatic carbocycles. The molecule has 0 fully saturated rings. The molecule has 0 spiro atoms. The number of carbonyl (C=O) groups excluding carboxylic acids is 1. The average molecular weight is 359 g/mol. The number of rotatable bonds is 4. The smallest absolute Gasteiger partial charge is 0.328 e. The standard InChI is InChI=1S/C12H11BrN2O4S/c1-8(13)7-19-11(16)6-14-12-9-4-2-3-5-10(9)20(17,18)15-12/h2-5H,1,6-7H2,(H,14,15). The summed E-state index contributed by atoms with van der Waals surface area (Å²) in [6, 6.07) is 6.42. The SMILES string of the molecule is C=C(Br)COC(=O)CN=C1NS(=O)(=O)c2ccccc21. The van der Waals surface area contributed by atoms with E-state index in [2.05, 4.69) is 32.2 Å². The Bertz CT molecular complexity index is 697. The molecule has 0 atom stereocenters. The number of carbonyl (C=O) groups is 1. The van der Waals surface area contributed by atoms with Crippen molar-refractivity contribution in [3.63, 3.8) is 0 Å². The Morgan fingerprint density at radius 1 is 1.40 bits per heavy atom. The molecule has 0 unspecified atom stereocenters. The zero-order valence-corrected chi connectivity index (χ0v) is 12.7. The van der Waals surface area contributed by atoms with Gasteiger partial charge in [-0.1, -0.05) is 34.6 Å². The Labute approximate surface area is 124 Å². The second kappa shape index (κ2) is 5.76. The van der Waals surface area contributed by atoms with E-state index < -0.39 is 16.0 Å². The summed E-state index contributed by atoms with van der Waals surface area (Å²) in [5, 5.41) is 0. The Hall–Kier alpha value is -1.67. The highest BCUT2D eigenvalue weighted by atomic mass is 79.9. The van der Waals surface area contributed by atoms with Crippen LogP contribution in [0.3, 0.4) is 0 Å². The molecule has 8 heteroatoms. The number of benzene rings is 1. The molecule has 106 valence electrons. The molecule has 0 aliphatic carbocycles. The van der Waals surface area contributed by atoms with Crippen LogP contribution in [0.5, 0.6) is 0 Å². The van der Waals surface area contributed by atoms with Crippen molar-refractivity contribution in [2.45, 2.75) is 4.90 Å². The van der Waals surface area contributed by atoms with Crippen molar-refractivity contribution in [1.82, 2.24) is 4.72 Å². The number of fused-ring (bicyclic) bond motifs is 1. The summed E-state index contributed by atoms with van der Waals surface area (Å²) in [4.78, 5) is 15.5. The van der Waals surface area contributed by atoms with E-state index >= 15 is 0 Å². The lowest BCUT2D eigenvalue weighted by Crippen LogP contribution is -2.23. The molecular formula is C12H11BrN2O4S. The minimum Gasteiger partial charge on any atom is -0.459 e. The first-order chi connectivity index (χ1) is 9.40. The summed E-state index contributed by atoms with van der Waals surface area (Å²) in [7, 11) is -3.58. The van der Waals surface area contributed by atoms with E-state index in [-0.39, 0.29) is 23.9 Å². The highest BCUT2D eigenvalue weighted by Crippen LogP contribution is 2.21. The number of hydrogen-bond acceptors (Lipinski definition) is 5. The van der Waals surface area contributed by atoms with E-state index in [0.717, 1.165) is 0 Å². The summed E-state index contributed by atoms with van der Waals surface area (Å²) in [5.41, 5.74) is 0.449. The summed E-state index contributed by atoms with van der Waals surface area (Å²) in [5.74, 6) is -0.420. The van der Waals surface area contributed by atoms with Crippen LogP contribution in [0.1, 0.15) is 5.56 Å². The van der Waals surface area contributed by atoms with Crippen LogP contribution in [0, 0.1) is 0 Å². The molecule has 1 aliphatic rings. The fraction of sp³-hybridized carbons (Fsp3) is 0.167. The predicted molar refractivity (Wildman–Crippen MR) is 77.2 cm³/mol. The first-order valence-corrected chi connectivity index (χ1v) is 7.83. The highest BCUT2D eigenvalue weighted by Gasteiger charge is 2.30. The van der Waals surface area contributed by atoms with Crippen molar-refractivity contribution in [1.29, 1.82) is 0 Å². The quantitative estimate of drug-likeness (QED) is 0.818. The predicted octanol–water partition coefficient (Wildman–Crippen LogP) is 1.18. The van der Waals surface area contributed by atoms with E-state index in [1.54, 1.807) is 18.2 Å². The second-order valence-electron chi connectivity index (χ2n) is 3.94. The molecule has 6 nitrogen and oxygen atoms in total. The van der Waals surface area contributed by atoms with Crippen LogP contribution in [0.4, 0.5) is 0 Å². The van der Waals surface area contributed by atoms with Crippen LogP contribution < -0.4 is 4.72 Å². The Morgan fingerprint density at radius 2 is 2.10 bits per heavy atom. The van der Waals surface area contributed by atoms with Crippen LogP contribution in [0.25, 0.3) is 0 Å². The molecule has 0 radical (unpaired) electrons. The number of sulfonamides is 1. The van der Waals surface area contributed by atoms with Crippen molar-refractivity contribution in [3.05, 3.63) is 40.9 Å². The van der Waals surface area contributed by atoms with Crippen LogP contribution in [-0.4, -0.2) is 33.4 Å². The van der Waals surface area contributed by atoms with Gasteiger partial charge in [-0.25, -0.2) is 8.42 Å². The van der Waals surface area contributed by atoms with Gasteiger partial charge in [-0.05, 0) is 12.1 Å². The molecule has 0 amide bonds. The first-order valence-electron chi connectivity index (χ1n) is 5.56. The van der Waals surface area contributed by atoms with Gasteiger partial charge in [0.25, 0.3) is 10.0 Å². The summed E-state index contributed by atoms with van der Waals surface area (Å²) < 4.78 is 31.3. The van der Waals surface area contributed by atoms with E-state index in [0.29, 0.717) is 10.0 Å². The number of nitrogens with zero attached hydrogens (tertiary/aromatic N) is 1. The van der Waals surface area contributed by atoms with Crippen LogP contribution in [0.15, 0.2) is 45.2 Å². The van der Waals surface area contributed by atoms with Gasteiger partial charge in [-0.3, -0.25) is 14.5 Å². The molecule has 0 bridgehead atoms. The van der Waals surface area contributed by atoms with Gasteiger partial charge in [0.15, 0.2) is 0 Å². The number of halogens is 1. The summed E-state index contributed by atoms with van der Waals surface area (Å²) in [6.07, 6.45) is 0. The molecule has 0 aromatic heterocycles. The van der Waals surface area contributed by atoms with Gasteiger partial charge >= 0.3 is 5.97 Å². The zero-order chi connectivity index (χ0) is 14.8. The van der Waals surface area contributed by atoms with Gasteiger partial charge in [-0.15, -0.1) is 0 Å². The maximum absolute atomic E-state index is 11.8. The number of nitrogens with one attached hydrogen (secondary N) is 1. The number of aliphatic imine (C=N–C) groups is 1. The first kappa shape index (κ1) is 14.7. The maximum atomic E-state index is 11.8. The lowest BCUT2D eigenvalue weighted by atomic mass is 10.2. The number of amidine groups is 1. The van der Waals surface area contributed by atoms with Crippen molar-refractivity contribution in [3.8, 4) is 0 Å². The van der Waals surface area contributed by atoms with Crippen LogP contribution in [-0.2, 0) is 19.6 Å². The Morgan fingerprint density at radius 3 is 2.80 bits per heavy atom. The van der Waals surface area contributed by atoms with Gasteiger partial charge in [0.1, 0.15) is 19.0 Å². The van der Waals surface area contributed by atoms with Gasteiger partial charge in [0.2, 0.25) is 0 Å². The van der Waals surface area contributed by atoms with Crippen molar-refractivity contribution < 1.29 is 17.9 Å². The molecular weight excluding hydrogens is 348 g/mol. The topological polar surface area (TPSA) is 84.8 Å². The van der Waals surface area contributed by atoms with E-state index in [9.17, 15) is 13.2 Å². The van der Waals surface area contributed by atoms with Crippen LogP contribution >= 0.6 is 15.9 Å². The molecule has 2 rings (SSSR count). The van der Waals surface area contributed by atoms with Crippen molar-refractivity contribution >= 4 is 37.8 Å². The minimum atomic E-state index is -3.58. The zero-order valence-electron chi connectivity index (χ0n) is 10.3. The third kappa shape index (κ3) is 3.26. The molecule has 0 saturated carbocycles. The van der Waals surface area contributed by atoms with Crippen LogP contribution in [0.2, 0.25) is 0 Å². The Balaban J connectivity index is 2.13. The number of hydrogen-bond donors (Lipinski definition) is 1. The highest BCUT2D eigenvalue weighted by molar-refractivity contribution is 9.11. The minimum absolute atomic E-state index is 0.0476. The van der Waals surface area contributed by atoms with Crippen molar-refractivity contribution in [2.75, 3.05) is 13.2 Å². The normalized spacial score (nSPS) is 17.4. The molecule has 1 N–H and O–H groups in total. The molecule has 1 heterocycles. The second-order valence-corrected chi connectivity index (χ2v) is 6.72. The van der Waals surface area contributed by atoms with Gasteiger partial charge in [0.05, 0.1) is 4.90 Å². The van der Waals surface area contributed by atoms with Crippen molar-refractivity contribution in [2.24, 2.45) is 4.99 Å². The van der Waals surface area contributed by atoms with Gasteiger partial charge in [0, 0.05) is 10.0 Å². The van der Waals surface area contributed by atoms with E-state index in [1.165, 1.54) is 6.07 Å². The van der Waals surface area contributed by atoms with Gasteiger partial charge < -0.3 is 4.74 Å². The molecule has 20 heavy (non-hydrogen) atoms. The molecule has 0 saturated heterocycles. The van der Waals surface area contributed by atoms with E-state index in [1.807, 2.05) is 0 Å². The number of esters is 1. The third-order valence-electron chi connectivity index (χ3n) is 2.42. The summed E-state index contributed by atoms with van der Waals surface area (Å²) >= 11 is 3.06. The largest absolute Gasteiger partial charge is 0.459 e. The molecule has 1 aliphatic heterocycles.